The van der Waals surface area contributed by atoms with Crippen molar-refractivity contribution in [2.24, 2.45) is 0 Å². The van der Waals surface area contributed by atoms with Crippen molar-refractivity contribution in [1.82, 2.24) is 15.1 Å². The lowest BCUT2D eigenvalue weighted by Gasteiger charge is -2.21. The van der Waals surface area contributed by atoms with E-state index >= 15 is 0 Å². The molecule has 5 nitrogen and oxygen atoms in total. The predicted octanol–water partition coefficient (Wildman–Crippen LogP) is 3.45. The highest BCUT2D eigenvalue weighted by Crippen LogP contribution is 2.20. The molecular formula is C20H27N3O2. The van der Waals surface area contributed by atoms with Crippen molar-refractivity contribution in [3.05, 3.63) is 47.3 Å². The molecule has 0 saturated heterocycles. The van der Waals surface area contributed by atoms with E-state index in [0.717, 1.165) is 35.5 Å². The van der Waals surface area contributed by atoms with E-state index in [1.807, 2.05) is 48.9 Å². The average Bonchev–Trinajstić information content (AvgIpc) is 2.94. The maximum atomic E-state index is 12.1. The van der Waals surface area contributed by atoms with Crippen molar-refractivity contribution in [1.29, 1.82) is 0 Å². The summed E-state index contributed by atoms with van der Waals surface area (Å²) in [4.78, 5) is 12.1. The molecule has 0 bridgehead atoms. The number of nitrogens with one attached hydrogen (secondary N) is 1. The molecule has 134 valence electrons. The van der Waals surface area contributed by atoms with E-state index in [9.17, 15) is 4.79 Å². The van der Waals surface area contributed by atoms with Crippen LogP contribution in [0.15, 0.2) is 30.3 Å². The molecule has 0 aliphatic heterocycles. The maximum absolute atomic E-state index is 12.1. The highest BCUT2D eigenvalue weighted by molar-refractivity contribution is 5.77. The summed E-state index contributed by atoms with van der Waals surface area (Å²) in [6.45, 7) is 4.65. The Labute approximate surface area is 149 Å². The first-order valence-electron chi connectivity index (χ1n) is 9.14. The third-order valence-corrected chi connectivity index (χ3v) is 4.91. The summed E-state index contributed by atoms with van der Waals surface area (Å²) in [6, 6.07) is 10.0. The van der Waals surface area contributed by atoms with E-state index in [1.54, 1.807) is 0 Å². The van der Waals surface area contributed by atoms with Crippen LogP contribution < -0.4 is 5.32 Å². The lowest BCUT2D eigenvalue weighted by atomic mass is 9.98. The number of benzene rings is 1. The molecule has 1 N–H and O–H groups in total. The summed E-state index contributed by atoms with van der Waals surface area (Å²) < 4.78 is 7.66. The molecule has 5 heteroatoms. The number of nitrogens with zero attached hydrogens (tertiary/aromatic N) is 2. The van der Waals surface area contributed by atoms with Gasteiger partial charge in [0, 0.05) is 17.8 Å². The van der Waals surface area contributed by atoms with Gasteiger partial charge in [-0.2, -0.15) is 5.10 Å². The Bertz CT molecular complexity index is 703. The maximum Gasteiger partial charge on any atom is 0.246 e. The molecule has 1 aromatic heterocycles. The molecule has 0 atom stereocenters. The SMILES string of the molecule is Cc1nn(-c2ccccc2)c(C)c1CNC(=O)COC1CCCCC1. The van der Waals surface area contributed by atoms with Gasteiger partial charge in [-0.25, -0.2) is 4.68 Å². The molecule has 3 rings (SSSR count). The van der Waals surface area contributed by atoms with Gasteiger partial charge in [0.25, 0.3) is 0 Å². The van der Waals surface area contributed by atoms with E-state index in [0.29, 0.717) is 6.54 Å². The molecule has 0 unspecified atom stereocenters. The molecule has 0 spiro atoms. The Hall–Kier alpha value is -2.14. The van der Waals surface area contributed by atoms with Gasteiger partial charge in [0.05, 0.1) is 17.5 Å². The molecule has 1 saturated carbocycles. The minimum absolute atomic E-state index is 0.0585. The second kappa shape index (κ2) is 8.30. The second-order valence-corrected chi connectivity index (χ2v) is 6.74. The molecule has 1 fully saturated rings. The van der Waals surface area contributed by atoms with Crippen molar-refractivity contribution < 1.29 is 9.53 Å². The number of para-hydroxylation sites is 1. The Morgan fingerprint density at radius 1 is 1.20 bits per heavy atom. The number of aryl methyl sites for hydroxylation is 1. The highest BCUT2D eigenvalue weighted by Gasteiger charge is 2.16. The van der Waals surface area contributed by atoms with Crippen LogP contribution in [0.2, 0.25) is 0 Å². The van der Waals surface area contributed by atoms with Crippen LogP contribution in [-0.4, -0.2) is 28.4 Å². The lowest BCUT2D eigenvalue weighted by molar-refractivity contribution is -0.128. The van der Waals surface area contributed by atoms with Gasteiger partial charge in [-0.15, -0.1) is 0 Å². The van der Waals surface area contributed by atoms with Gasteiger partial charge >= 0.3 is 0 Å². The quantitative estimate of drug-likeness (QED) is 0.875. The Balaban J connectivity index is 1.56. The van der Waals surface area contributed by atoms with Crippen LogP contribution >= 0.6 is 0 Å². The first-order valence-corrected chi connectivity index (χ1v) is 9.14. The first kappa shape index (κ1) is 17.7. The van der Waals surface area contributed by atoms with E-state index in [-0.39, 0.29) is 18.6 Å². The topological polar surface area (TPSA) is 56.2 Å². The third kappa shape index (κ3) is 4.48. The van der Waals surface area contributed by atoms with Gasteiger partial charge in [0.15, 0.2) is 0 Å². The van der Waals surface area contributed by atoms with Crippen molar-refractivity contribution in [3.63, 3.8) is 0 Å². The summed E-state index contributed by atoms with van der Waals surface area (Å²) >= 11 is 0. The van der Waals surface area contributed by atoms with E-state index in [1.165, 1.54) is 19.3 Å². The van der Waals surface area contributed by atoms with Crippen molar-refractivity contribution in [3.8, 4) is 5.69 Å². The molecule has 1 aliphatic rings. The zero-order chi connectivity index (χ0) is 17.6. The minimum atomic E-state index is -0.0585. The fourth-order valence-corrected chi connectivity index (χ4v) is 3.41. The van der Waals surface area contributed by atoms with Crippen LogP contribution in [0, 0.1) is 13.8 Å². The summed E-state index contributed by atoms with van der Waals surface area (Å²) in [7, 11) is 0. The molecule has 1 aromatic carbocycles. The van der Waals surface area contributed by atoms with Gasteiger partial charge in [-0.1, -0.05) is 37.5 Å². The zero-order valence-electron chi connectivity index (χ0n) is 15.1. The summed E-state index contributed by atoms with van der Waals surface area (Å²) in [6.07, 6.45) is 6.12. The Morgan fingerprint density at radius 2 is 1.92 bits per heavy atom. The van der Waals surface area contributed by atoms with Crippen molar-refractivity contribution >= 4 is 5.91 Å². The number of carbonyl (C=O) groups excluding carboxylic acids is 1. The van der Waals surface area contributed by atoms with E-state index in [2.05, 4.69) is 10.4 Å². The number of aromatic nitrogens is 2. The Morgan fingerprint density at radius 3 is 2.64 bits per heavy atom. The molecule has 1 amide bonds. The van der Waals surface area contributed by atoms with Gasteiger partial charge in [0.1, 0.15) is 6.61 Å². The van der Waals surface area contributed by atoms with Crippen LogP contribution in [0.25, 0.3) is 5.69 Å². The highest BCUT2D eigenvalue weighted by atomic mass is 16.5. The Kier molecular flexibility index (Phi) is 5.87. The number of rotatable bonds is 6. The van der Waals surface area contributed by atoms with Gasteiger partial charge in [-0.3, -0.25) is 4.79 Å². The van der Waals surface area contributed by atoms with E-state index < -0.39 is 0 Å². The van der Waals surface area contributed by atoms with Crippen LogP contribution in [0.5, 0.6) is 0 Å². The summed E-state index contributed by atoms with van der Waals surface area (Å²) in [5.41, 5.74) is 4.09. The zero-order valence-corrected chi connectivity index (χ0v) is 15.1. The van der Waals surface area contributed by atoms with E-state index in [4.69, 9.17) is 4.74 Å². The largest absolute Gasteiger partial charge is 0.368 e. The fourth-order valence-electron chi connectivity index (χ4n) is 3.41. The predicted molar refractivity (Wildman–Crippen MR) is 97.7 cm³/mol. The number of hydrogen-bond donors (Lipinski definition) is 1. The smallest absolute Gasteiger partial charge is 0.246 e. The van der Waals surface area contributed by atoms with Crippen LogP contribution in [0.3, 0.4) is 0 Å². The number of ether oxygens (including phenoxy) is 1. The molecule has 25 heavy (non-hydrogen) atoms. The summed E-state index contributed by atoms with van der Waals surface area (Å²) in [5, 5.41) is 7.58. The van der Waals surface area contributed by atoms with Crippen LogP contribution in [0.4, 0.5) is 0 Å². The van der Waals surface area contributed by atoms with Gasteiger partial charge in [0.2, 0.25) is 5.91 Å². The van der Waals surface area contributed by atoms with Gasteiger partial charge in [-0.05, 0) is 38.8 Å². The van der Waals surface area contributed by atoms with Crippen molar-refractivity contribution in [2.45, 2.75) is 58.6 Å². The number of carbonyl (C=O) groups is 1. The molecule has 1 aliphatic carbocycles. The van der Waals surface area contributed by atoms with Crippen LogP contribution in [-0.2, 0) is 16.1 Å². The standard InChI is InChI=1S/C20H27N3O2/c1-15-19(16(2)23(22-15)17-9-5-3-6-10-17)13-21-20(24)14-25-18-11-7-4-8-12-18/h3,5-6,9-10,18H,4,7-8,11-14H2,1-2H3,(H,21,24). The molecule has 2 aromatic rings. The van der Waals surface area contributed by atoms with Crippen molar-refractivity contribution in [2.75, 3.05) is 6.61 Å². The first-order chi connectivity index (χ1) is 12.1. The van der Waals surface area contributed by atoms with Gasteiger partial charge < -0.3 is 10.1 Å². The lowest BCUT2D eigenvalue weighted by Crippen LogP contribution is -2.30. The molecule has 0 radical (unpaired) electrons. The number of hydrogen-bond acceptors (Lipinski definition) is 3. The molecular weight excluding hydrogens is 314 g/mol. The summed E-state index contributed by atoms with van der Waals surface area (Å²) in [5.74, 6) is -0.0585. The monoisotopic (exact) mass is 341 g/mol. The normalized spacial score (nSPS) is 15.3. The second-order valence-electron chi connectivity index (χ2n) is 6.74. The average molecular weight is 341 g/mol. The third-order valence-electron chi connectivity index (χ3n) is 4.91. The fraction of sp³-hybridized carbons (Fsp3) is 0.500. The minimum Gasteiger partial charge on any atom is -0.368 e. The van der Waals surface area contributed by atoms with Crippen LogP contribution in [0.1, 0.15) is 49.1 Å². The molecule has 1 heterocycles. The number of amides is 1.